The maximum absolute atomic E-state index is 11.7. The van der Waals surface area contributed by atoms with E-state index in [0.717, 1.165) is 23.6 Å². The lowest BCUT2D eigenvalue weighted by Crippen LogP contribution is -2.14. The largest absolute Gasteiger partial charge is 0.490 e. The molecule has 0 fully saturated rings. The third-order valence-corrected chi connectivity index (χ3v) is 4.02. The Labute approximate surface area is 146 Å². The van der Waals surface area contributed by atoms with Crippen molar-refractivity contribution in [3.05, 3.63) is 47.3 Å². The molecule has 0 spiro atoms. The monoisotopic (exact) mass is 346 g/mol. The molecule has 0 aliphatic carbocycles. The normalized spacial score (nSPS) is 10.5. The Morgan fingerprint density at radius 2 is 1.88 bits per heavy atom. The molecule has 128 valence electrons. The van der Waals surface area contributed by atoms with E-state index in [9.17, 15) is 4.79 Å². The van der Waals surface area contributed by atoms with Crippen molar-refractivity contribution in [3.8, 4) is 5.75 Å². The SMILES string of the molecule is CCc1cccc(OCCOC(=O)CSc2nc(C)cc(C)n2)c1. The smallest absolute Gasteiger partial charge is 0.316 e. The summed E-state index contributed by atoms with van der Waals surface area (Å²) in [7, 11) is 0. The van der Waals surface area contributed by atoms with Crippen molar-refractivity contribution in [2.45, 2.75) is 32.3 Å². The summed E-state index contributed by atoms with van der Waals surface area (Å²) in [6.45, 7) is 6.47. The zero-order valence-corrected chi connectivity index (χ0v) is 15.1. The van der Waals surface area contributed by atoms with Gasteiger partial charge in [0.2, 0.25) is 0 Å². The first-order valence-corrected chi connectivity index (χ1v) is 8.88. The van der Waals surface area contributed by atoms with Gasteiger partial charge in [-0.25, -0.2) is 9.97 Å². The van der Waals surface area contributed by atoms with Crippen LogP contribution in [0.25, 0.3) is 0 Å². The van der Waals surface area contributed by atoms with Crippen molar-refractivity contribution < 1.29 is 14.3 Å². The second-order valence-corrected chi connectivity index (χ2v) is 6.23. The summed E-state index contributed by atoms with van der Waals surface area (Å²) in [5.74, 6) is 0.686. The van der Waals surface area contributed by atoms with Gasteiger partial charge in [-0.05, 0) is 44.0 Å². The van der Waals surface area contributed by atoms with Crippen LogP contribution in [0.3, 0.4) is 0 Å². The summed E-state index contributed by atoms with van der Waals surface area (Å²) < 4.78 is 10.7. The Morgan fingerprint density at radius 1 is 1.12 bits per heavy atom. The number of carbonyl (C=O) groups excluding carboxylic acids is 1. The van der Waals surface area contributed by atoms with Gasteiger partial charge in [-0.1, -0.05) is 30.8 Å². The second kappa shape index (κ2) is 9.27. The highest BCUT2D eigenvalue weighted by atomic mass is 32.2. The summed E-state index contributed by atoms with van der Waals surface area (Å²) in [5.41, 5.74) is 3.00. The van der Waals surface area contributed by atoms with Gasteiger partial charge in [0.05, 0.1) is 5.75 Å². The highest BCUT2D eigenvalue weighted by molar-refractivity contribution is 7.99. The van der Waals surface area contributed by atoms with Crippen LogP contribution >= 0.6 is 11.8 Å². The Morgan fingerprint density at radius 3 is 2.58 bits per heavy atom. The molecular weight excluding hydrogens is 324 g/mol. The molecule has 2 aromatic rings. The van der Waals surface area contributed by atoms with Gasteiger partial charge in [-0.2, -0.15) is 0 Å². The van der Waals surface area contributed by atoms with Gasteiger partial charge in [0.25, 0.3) is 0 Å². The average molecular weight is 346 g/mol. The molecule has 1 aromatic carbocycles. The third-order valence-electron chi connectivity index (χ3n) is 3.20. The molecule has 0 aliphatic heterocycles. The first-order valence-electron chi connectivity index (χ1n) is 7.89. The summed E-state index contributed by atoms with van der Waals surface area (Å²) >= 11 is 1.28. The maximum atomic E-state index is 11.7. The van der Waals surface area contributed by atoms with E-state index in [0.29, 0.717) is 11.8 Å². The summed E-state index contributed by atoms with van der Waals surface area (Å²) in [6, 6.07) is 9.80. The standard InChI is InChI=1S/C18H22N2O3S/c1-4-15-6-5-7-16(11-15)22-8-9-23-17(21)12-24-18-19-13(2)10-14(3)20-18/h5-7,10-11H,4,8-9,12H2,1-3H3. The van der Waals surface area contributed by atoms with Gasteiger partial charge in [-0.3, -0.25) is 4.79 Å². The number of hydrogen-bond acceptors (Lipinski definition) is 6. The molecule has 6 heteroatoms. The van der Waals surface area contributed by atoms with Crippen LogP contribution < -0.4 is 4.74 Å². The van der Waals surface area contributed by atoms with Crippen LogP contribution in [-0.4, -0.2) is 34.9 Å². The fourth-order valence-corrected chi connectivity index (χ4v) is 2.84. The fourth-order valence-electron chi connectivity index (χ4n) is 2.09. The van der Waals surface area contributed by atoms with Crippen LogP contribution in [0.5, 0.6) is 5.75 Å². The van der Waals surface area contributed by atoms with Crippen molar-refractivity contribution in [2.24, 2.45) is 0 Å². The lowest BCUT2D eigenvalue weighted by Gasteiger charge is -2.08. The molecule has 0 radical (unpaired) electrons. The first-order chi connectivity index (χ1) is 11.6. The van der Waals surface area contributed by atoms with E-state index in [2.05, 4.69) is 23.0 Å². The van der Waals surface area contributed by atoms with Crippen LogP contribution in [0.4, 0.5) is 0 Å². The second-order valence-electron chi connectivity index (χ2n) is 5.29. The number of rotatable bonds is 8. The number of carbonyl (C=O) groups is 1. The van der Waals surface area contributed by atoms with Crippen LogP contribution in [0, 0.1) is 13.8 Å². The van der Waals surface area contributed by atoms with E-state index >= 15 is 0 Å². The lowest BCUT2D eigenvalue weighted by atomic mass is 10.2. The molecule has 0 aliphatic rings. The van der Waals surface area contributed by atoms with Crippen molar-refractivity contribution in [1.29, 1.82) is 0 Å². The molecule has 5 nitrogen and oxygen atoms in total. The van der Waals surface area contributed by atoms with E-state index in [-0.39, 0.29) is 18.3 Å². The summed E-state index contributed by atoms with van der Waals surface area (Å²) in [5, 5.41) is 0.595. The Bertz CT molecular complexity index is 671. The van der Waals surface area contributed by atoms with E-state index in [1.54, 1.807) is 0 Å². The topological polar surface area (TPSA) is 61.3 Å². The van der Waals surface area contributed by atoms with Crippen molar-refractivity contribution in [1.82, 2.24) is 9.97 Å². The molecule has 0 N–H and O–H groups in total. The molecule has 0 amide bonds. The molecule has 0 atom stereocenters. The molecule has 24 heavy (non-hydrogen) atoms. The van der Waals surface area contributed by atoms with Crippen LogP contribution in [-0.2, 0) is 16.0 Å². The number of esters is 1. The summed E-state index contributed by atoms with van der Waals surface area (Å²) in [4.78, 5) is 20.3. The fraction of sp³-hybridized carbons (Fsp3) is 0.389. The maximum Gasteiger partial charge on any atom is 0.316 e. The van der Waals surface area contributed by atoms with Gasteiger partial charge in [0, 0.05) is 11.4 Å². The number of ether oxygens (including phenoxy) is 2. The van der Waals surface area contributed by atoms with E-state index in [4.69, 9.17) is 9.47 Å². The van der Waals surface area contributed by atoms with E-state index in [1.165, 1.54) is 17.3 Å². The predicted molar refractivity (Wildman–Crippen MR) is 94.5 cm³/mol. The zero-order valence-electron chi connectivity index (χ0n) is 14.2. The molecule has 0 saturated heterocycles. The third kappa shape index (κ3) is 6.20. The highest BCUT2D eigenvalue weighted by Gasteiger charge is 2.07. The van der Waals surface area contributed by atoms with Crippen molar-refractivity contribution in [2.75, 3.05) is 19.0 Å². The number of nitrogens with zero attached hydrogens (tertiary/aromatic N) is 2. The number of hydrogen-bond donors (Lipinski definition) is 0. The Balaban J connectivity index is 1.67. The molecular formula is C18H22N2O3S. The van der Waals surface area contributed by atoms with Gasteiger partial charge in [-0.15, -0.1) is 0 Å². The molecule has 0 bridgehead atoms. The minimum atomic E-state index is -0.298. The lowest BCUT2D eigenvalue weighted by molar-refractivity contribution is -0.141. The predicted octanol–water partition coefficient (Wildman–Crippen LogP) is 3.37. The van der Waals surface area contributed by atoms with Gasteiger partial charge >= 0.3 is 5.97 Å². The van der Waals surface area contributed by atoms with Crippen LogP contribution in [0.15, 0.2) is 35.5 Å². The minimum absolute atomic E-state index is 0.189. The zero-order chi connectivity index (χ0) is 17.4. The van der Waals surface area contributed by atoms with Gasteiger partial charge in [0.15, 0.2) is 5.16 Å². The van der Waals surface area contributed by atoms with E-state index < -0.39 is 0 Å². The molecule has 0 saturated carbocycles. The van der Waals surface area contributed by atoms with Crippen LogP contribution in [0.1, 0.15) is 23.9 Å². The molecule has 1 heterocycles. The van der Waals surface area contributed by atoms with Gasteiger partial charge in [0.1, 0.15) is 19.0 Å². The average Bonchev–Trinajstić information content (AvgIpc) is 2.56. The quantitative estimate of drug-likeness (QED) is 0.316. The van der Waals surface area contributed by atoms with Crippen molar-refractivity contribution >= 4 is 17.7 Å². The van der Waals surface area contributed by atoms with E-state index in [1.807, 2.05) is 38.1 Å². The number of thioether (sulfide) groups is 1. The first kappa shape index (κ1) is 18.3. The molecule has 0 unspecified atom stereocenters. The van der Waals surface area contributed by atoms with Crippen LogP contribution in [0.2, 0.25) is 0 Å². The molecule has 2 rings (SSSR count). The molecule has 1 aromatic heterocycles. The minimum Gasteiger partial charge on any atom is -0.490 e. The Hall–Kier alpha value is -2.08. The highest BCUT2D eigenvalue weighted by Crippen LogP contribution is 2.15. The van der Waals surface area contributed by atoms with Crippen molar-refractivity contribution in [3.63, 3.8) is 0 Å². The van der Waals surface area contributed by atoms with Gasteiger partial charge < -0.3 is 9.47 Å². The number of aromatic nitrogens is 2. The summed E-state index contributed by atoms with van der Waals surface area (Å²) in [6.07, 6.45) is 0.962. The Kier molecular flexibility index (Phi) is 7.06. The number of aryl methyl sites for hydroxylation is 3. The number of benzene rings is 1.